The minimum Gasteiger partial charge on any atom is -0.310 e. The van der Waals surface area contributed by atoms with Gasteiger partial charge in [0.05, 0.1) is 12.2 Å². The fourth-order valence-electron chi connectivity index (χ4n) is 3.01. The molecule has 0 atom stereocenters. The number of hydrogen-bond acceptors (Lipinski definition) is 2. The fourth-order valence-corrected chi connectivity index (χ4v) is 3.01. The van der Waals surface area contributed by atoms with Crippen molar-refractivity contribution < 1.29 is 0 Å². The van der Waals surface area contributed by atoms with E-state index < -0.39 is 0 Å². The molecule has 0 spiro atoms. The maximum absolute atomic E-state index is 4.74. The molecule has 0 aliphatic heterocycles. The molecule has 112 valence electrons. The molecule has 0 saturated heterocycles. The molecule has 0 radical (unpaired) electrons. The summed E-state index contributed by atoms with van der Waals surface area (Å²) in [6.07, 6.45) is 2.66. The topological polar surface area (TPSA) is 29.9 Å². The van der Waals surface area contributed by atoms with Gasteiger partial charge in [0.2, 0.25) is 0 Å². The van der Waals surface area contributed by atoms with Crippen molar-refractivity contribution in [2.45, 2.75) is 59.7 Å². The third-order valence-corrected chi connectivity index (χ3v) is 4.29. The summed E-state index contributed by atoms with van der Waals surface area (Å²) in [5.41, 5.74) is 7.79. The van der Waals surface area contributed by atoms with E-state index in [4.69, 9.17) is 5.10 Å². The van der Waals surface area contributed by atoms with E-state index in [9.17, 15) is 0 Å². The highest BCUT2D eigenvalue weighted by Crippen LogP contribution is 2.21. The summed E-state index contributed by atoms with van der Waals surface area (Å²) >= 11 is 0. The van der Waals surface area contributed by atoms with Crippen molar-refractivity contribution >= 4 is 0 Å². The second-order valence-corrected chi connectivity index (χ2v) is 6.46. The van der Waals surface area contributed by atoms with Gasteiger partial charge in [0.1, 0.15) is 0 Å². The van der Waals surface area contributed by atoms with Crippen molar-refractivity contribution in [2.24, 2.45) is 0 Å². The highest BCUT2D eigenvalue weighted by Gasteiger charge is 2.21. The average Bonchev–Trinajstić information content (AvgIpc) is 3.16. The lowest BCUT2D eigenvalue weighted by Gasteiger charge is -2.08. The highest BCUT2D eigenvalue weighted by molar-refractivity contribution is 5.30. The summed E-state index contributed by atoms with van der Waals surface area (Å²) in [4.78, 5) is 0. The van der Waals surface area contributed by atoms with Gasteiger partial charge in [0.15, 0.2) is 0 Å². The Labute approximate surface area is 127 Å². The van der Waals surface area contributed by atoms with Crippen molar-refractivity contribution in [1.29, 1.82) is 0 Å². The van der Waals surface area contributed by atoms with Gasteiger partial charge in [-0.1, -0.05) is 29.3 Å². The van der Waals surface area contributed by atoms with Crippen LogP contribution in [0.4, 0.5) is 0 Å². The van der Waals surface area contributed by atoms with Gasteiger partial charge in [-0.2, -0.15) is 5.10 Å². The molecule has 21 heavy (non-hydrogen) atoms. The van der Waals surface area contributed by atoms with Crippen molar-refractivity contribution in [2.75, 3.05) is 0 Å². The molecule has 3 nitrogen and oxygen atoms in total. The Morgan fingerprint density at radius 3 is 2.38 bits per heavy atom. The molecule has 0 amide bonds. The second-order valence-electron chi connectivity index (χ2n) is 6.46. The molecule has 3 rings (SSSR count). The van der Waals surface area contributed by atoms with Crippen LogP contribution in [-0.4, -0.2) is 15.8 Å². The van der Waals surface area contributed by atoms with E-state index in [2.05, 4.69) is 55.9 Å². The van der Waals surface area contributed by atoms with E-state index in [-0.39, 0.29) is 0 Å². The Balaban J connectivity index is 1.79. The first-order valence-electron chi connectivity index (χ1n) is 7.86. The number of benzene rings is 1. The highest BCUT2D eigenvalue weighted by atomic mass is 15.3. The van der Waals surface area contributed by atoms with Gasteiger partial charge in [0, 0.05) is 23.8 Å². The summed E-state index contributed by atoms with van der Waals surface area (Å²) < 4.78 is 2.15. The minimum absolute atomic E-state index is 0.742. The summed E-state index contributed by atoms with van der Waals surface area (Å²) in [6, 6.07) is 7.47. The van der Waals surface area contributed by atoms with Gasteiger partial charge in [0.25, 0.3) is 0 Å². The summed E-state index contributed by atoms with van der Waals surface area (Å²) in [6.45, 7) is 10.4. The molecular formula is C18H25N3. The van der Waals surface area contributed by atoms with Crippen LogP contribution in [0.15, 0.2) is 18.2 Å². The number of hydrogen-bond donors (Lipinski definition) is 1. The first kappa shape index (κ1) is 14.3. The summed E-state index contributed by atoms with van der Waals surface area (Å²) in [5, 5.41) is 8.34. The number of aromatic nitrogens is 2. The molecule has 2 aromatic rings. The van der Waals surface area contributed by atoms with E-state index in [1.165, 1.54) is 40.8 Å². The number of aryl methyl sites for hydroxylation is 3. The van der Waals surface area contributed by atoms with Crippen molar-refractivity contribution in [3.8, 4) is 0 Å². The molecule has 1 aliphatic rings. The predicted octanol–water partition coefficient (Wildman–Crippen LogP) is 3.42. The normalized spacial score (nSPS) is 14.7. The Morgan fingerprint density at radius 2 is 1.76 bits per heavy atom. The predicted molar refractivity (Wildman–Crippen MR) is 86.6 cm³/mol. The Kier molecular flexibility index (Phi) is 3.85. The van der Waals surface area contributed by atoms with E-state index in [0.717, 1.165) is 24.8 Å². The van der Waals surface area contributed by atoms with Crippen molar-refractivity contribution in [3.05, 3.63) is 51.8 Å². The average molecular weight is 283 g/mol. The van der Waals surface area contributed by atoms with E-state index in [0.29, 0.717) is 0 Å². The minimum atomic E-state index is 0.742. The van der Waals surface area contributed by atoms with Crippen molar-refractivity contribution in [1.82, 2.24) is 15.1 Å². The van der Waals surface area contributed by atoms with Crippen LogP contribution in [0.2, 0.25) is 0 Å². The van der Waals surface area contributed by atoms with Gasteiger partial charge < -0.3 is 5.32 Å². The van der Waals surface area contributed by atoms with Gasteiger partial charge in [-0.05, 0) is 46.1 Å². The van der Waals surface area contributed by atoms with Crippen LogP contribution in [-0.2, 0) is 13.1 Å². The molecule has 1 aromatic heterocycles. The monoisotopic (exact) mass is 283 g/mol. The third-order valence-electron chi connectivity index (χ3n) is 4.29. The molecular weight excluding hydrogens is 258 g/mol. The van der Waals surface area contributed by atoms with Gasteiger partial charge in [-0.15, -0.1) is 0 Å². The van der Waals surface area contributed by atoms with Gasteiger partial charge >= 0.3 is 0 Å². The lowest BCUT2D eigenvalue weighted by atomic mass is 10.1. The van der Waals surface area contributed by atoms with Crippen LogP contribution >= 0.6 is 0 Å². The largest absolute Gasteiger partial charge is 0.310 e. The zero-order valence-corrected chi connectivity index (χ0v) is 13.5. The van der Waals surface area contributed by atoms with Crippen LogP contribution in [0, 0.1) is 27.7 Å². The first-order chi connectivity index (χ1) is 10.0. The standard InChI is InChI=1S/C18H25N3/c1-12-7-13(2)9-16(8-12)11-21-15(4)18(14(3)20-21)10-19-17-5-6-17/h7-9,17,19H,5-6,10-11H2,1-4H3. The molecule has 3 heteroatoms. The van der Waals surface area contributed by atoms with Crippen molar-refractivity contribution in [3.63, 3.8) is 0 Å². The van der Waals surface area contributed by atoms with Crippen LogP contribution < -0.4 is 5.32 Å². The summed E-state index contributed by atoms with van der Waals surface area (Å²) in [7, 11) is 0. The number of rotatable bonds is 5. The summed E-state index contributed by atoms with van der Waals surface area (Å²) in [5.74, 6) is 0. The van der Waals surface area contributed by atoms with Crippen LogP contribution in [0.3, 0.4) is 0 Å². The van der Waals surface area contributed by atoms with Gasteiger partial charge in [-0.3, -0.25) is 4.68 Å². The molecule has 1 saturated carbocycles. The third kappa shape index (κ3) is 3.35. The maximum Gasteiger partial charge on any atom is 0.0662 e. The maximum atomic E-state index is 4.74. The number of nitrogens with zero attached hydrogens (tertiary/aromatic N) is 2. The van der Waals surface area contributed by atoms with Crippen LogP contribution in [0.5, 0.6) is 0 Å². The Morgan fingerprint density at radius 1 is 1.10 bits per heavy atom. The van der Waals surface area contributed by atoms with E-state index >= 15 is 0 Å². The molecule has 0 unspecified atom stereocenters. The Bertz CT molecular complexity index is 630. The fraction of sp³-hybridized carbons (Fsp3) is 0.500. The molecule has 1 aliphatic carbocycles. The quantitative estimate of drug-likeness (QED) is 0.911. The molecule has 1 N–H and O–H groups in total. The van der Waals surface area contributed by atoms with Crippen LogP contribution in [0.1, 0.15) is 46.5 Å². The van der Waals surface area contributed by atoms with Crippen LogP contribution in [0.25, 0.3) is 0 Å². The Hall–Kier alpha value is -1.61. The van der Waals surface area contributed by atoms with E-state index in [1.54, 1.807) is 0 Å². The zero-order chi connectivity index (χ0) is 15.0. The zero-order valence-electron chi connectivity index (χ0n) is 13.5. The SMILES string of the molecule is Cc1cc(C)cc(Cn2nc(C)c(CNC3CC3)c2C)c1. The van der Waals surface area contributed by atoms with Gasteiger partial charge in [-0.25, -0.2) is 0 Å². The van der Waals surface area contributed by atoms with E-state index in [1.807, 2.05) is 0 Å². The number of nitrogens with one attached hydrogen (secondary N) is 1. The lowest BCUT2D eigenvalue weighted by molar-refractivity contribution is 0.651. The smallest absolute Gasteiger partial charge is 0.0662 e. The molecule has 1 fully saturated rings. The molecule has 0 bridgehead atoms. The lowest BCUT2D eigenvalue weighted by Crippen LogP contribution is -2.16. The molecule has 1 aromatic carbocycles. The second kappa shape index (κ2) is 5.64. The molecule has 1 heterocycles. The first-order valence-corrected chi connectivity index (χ1v) is 7.86.